The normalized spacial score (nSPS) is 13.6. The van der Waals surface area contributed by atoms with Crippen molar-refractivity contribution >= 4 is 5.97 Å². The number of hydrogen-bond acceptors (Lipinski definition) is 2. The number of esters is 1. The first-order valence-electron chi connectivity index (χ1n) is 4.71. The van der Waals surface area contributed by atoms with E-state index < -0.39 is 0 Å². The van der Waals surface area contributed by atoms with Gasteiger partial charge in [0.05, 0.1) is 5.56 Å². The summed E-state index contributed by atoms with van der Waals surface area (Å²) < 4.78 is 4.98. The van der Waals surface area contributed by atoms with Crippen LogP contribution in [0.5, 0.6) is 0 Å². The Hall–Kier alpha value is -1.57. The molecule has 0 spiro atoms. The Morgan fingerprint density at radius 3 is 3.14 bits per heavy atom. The fourth-order valence-electron chi connectivity index (χ4n) is 1.72. The molecule has 1 aromatic carbocycles. The number of hydrogen-bond donors (Lipinski definition) is 0. The molecule has 0 atom stereocenters. The lowest BCUT2D eigenvalue weighted by molar-refractivity contribution is 0.0534. The molecule has 1 aliphatic rings. The van der Waals surface area contributed by atoms with Crippen molar-refractivity contribution in [2.24, 2.45) is 0 Å². The molecule has 0 aliphatic carbocycles. The molecule has 1 aliphatic heterocycles. The summed E-state index contributed by atoms with van der Waals surface area (Å²) in [5.74, 6) is -0.181. The highest BCUT2D eigenvalue weighted by Crippen LogP contribution is 2.24. The van der Waals surface area contributed by atoms with Crippen LogP contribution in [0.15, 0.2) is 30.9 Å². The van der Waals surface area contributed by atoms with Crippen LogP contribution in [0.25, 0.3) is 0 Å². The number of rotatable bonds is 3. The third-order valence-electron chi connectivity index (χ3n) is 2.42. The number of aryl methyl sites for hydroxylation is 1. The van der Waals surface area contributed by atoms with Gasteiger partial charge in [0.1, 0.15) is 6.61 Å². The van der Waals surface area contributed by atoms with Crippen molar-refractivity contribution in [3.05, 3.63) is 47.5 Å². The van der Waals surface area contributed by atoms with E-state index in [1.165, 1.54) is 0 Å². The molecule has 0 radical (unpaired) electrons. The van der Waals surface area contributed by atoms with Crippen LogP contribution in [0.4, 0.5) is 0 Å². The molecule has 1 heterocycles. The van der Waals surface area contributed by atoms with Crippen molar-refractivity contribution in [2.75, 3.05) is 0 Å². The minimum atomic E-state index is -0.181. The van der Waals surface area contributed by atoms with Crippen LogP contribution < -0.4 is 0 Å². The van der Waals surface area contributed by atoms with Crippen LogP contribution >= 0.6 is 0 Å². The molecule has 0 unspecified atom stereocenters. The molecule has 0 N–H and O–H groups in total. The average molecular weight is 188 g/mol. The first-order chi connectivity index (χ1) is 6.83. The molecule has 72 valence electrons. The van der Waals surface area contributed by atoms with E-state index in [-0.39, 0.29) is 5.97 Å². The summed E-state index contributed by atoms with van der Waals surface area (Å²) in [4.78, 5) is 11.4. The molecule has 0 amide bonds. The van der Waals surface area contributed by atoms with E-state index in [9.17, 15) is 4.79 Å². The minimum Gasteiger partial charge on any atom is -0.457 e. The zero-order valence-electron chi connectivity index (χ0n) is 7.95. The van der Waals surface area contributed by atoms with E-state index >= 15 is 0 Å². The molecule has 0 saturated heterocycles. The summed E-state index contributed by atoms with van der Waals surface area (Å²) >= 11 is 0. The van der Waals surface area contributed by atoms with Crippen molar-refractivity contribution in [3.8, 4) is 0 Å². The predicted octanol–water partition coefficient (Wildman–Crippen LogP) is 2.48. The van der Waals surface area contributed by atoms with Gasteiger partial charge in [0, 0.05) is 5.56 Å². The van der Waals surface area contributed by atoms with Crippen LogP contribution in [0.1, 0.15) is 27.9 Å². The second kappa shape index (κ2) is 3.66. The first kappa shape index (κ1) is 9.00. The van der Waals surface area contributed by atoms with Gasteiger partial charge in [-0.15, -0.1) is 6.58 Å². The highest BCUT2D eigenvalue weighted by molar-refractivity contribution is 5.94. The Labute approximate surface area is 83.2 Å². The van der Waals surface area contributed by atoms with Crippen LogP contribution in [0.2, 0.25) is 0 Å². The van der Waals surface area contributed by atoms with Crippen molar-refractivity contribution < 1.29 is 9.53 Å². The average Bonchev–Trinajstić information content (AvgIpc) is 2.58. The SMILES string of the molecule is C=CCCc1cccc2c1C(=O)OC2. The molecule has 1 aromatic rings. The maximum absolute atomic E-state index is 11.4. The zero-order valence-corrected chi connectivity index (χ0v) is 7.95. The second-order valence-corrected chi connectivity index (χ2v) is 3.35. The highest BCUT2D eigenvalue weighted by atomic mass is 16.5. The predicted molar refractivity (Wildman–Crippen MR) is 54.1 cm³/mol. The summed E-state index contributed by atoms with van der Waals surface area (Å²) in [6.07, 6.45) is 3.62. The number of ether oxygens (including phenoxy) is 1. The van der Waals surface area contributed by atoms with Gasteiger partial charge in [-0.25, -0.2) is 4.79 Å². The van der Waals surface area contributed by atoms with Gasteiger partial charge in [0.15, 0.2) is 0 Å². The zero-order chi connectivity index (χ0) is 9.97. The van der Waals surface area contributed by atoms with Gasteiger partial charge in [0.25, 0.3) is 0 Å². The van der Waals surface area contributed by atoms with Crippen LogP contribution in [-0.4, -0.2) is 5.97 Å². The van der Waals surface area contributed by atoms with Gasteiger partial charge < -0.3 is 4.74 Å². The molecule has 2 nitrogen and oxygen atoms in total. The van der Waals surface area contributed by atoms with Gasteiger partial charge in [-0.2, -0.15) is 0 Å². The van der Waals surface area contributed by atoms with Gasteiger partial charge in [-0.1, -0.05) is 24.3 Å². The summed E-state index contributed by atoms with van der Waals surface area (Å²) in [5, 5.41) is 0. The number of carbonyl (C=O) groups is 1. The van der Waals surface area contributed by atoms with Crippen LogP contribution in [-0.2, 0) is 17.8 Å². The van der Waals surface area contributed by atoms with E-state index in [2.05, 4.69) is 6.58 Å². The molecular weight excluding hydrogens is 176 g/mol. The van der Waals surface area contributed by atoms with Crippen LogP contribution in [0, 0.1) is 0 Å². The topological polar surface area (TPSA) is 26.3 Å². The van der Waals surface area contributed by atoms with Crippen molar-refractivity contribution in [1.29, 1.82) is 0 Å². The van der Waals surface area contributed by atoms with Gasteiger partial charge in [0.2, 0.25) is 0 Å². The largest absolute Gasteiger partial charge is 0.457 e. The number of cyclic esters (lactones) is 1. The summed E-state index contributed by atoms with van der Waals surface area (Å²) in [6, 6.07) is 5.89. The quantitative estimate of drug-likeness (QED) is 0.538. The number of fused-ring (bicyclic) bond motifs is 1. The molecule has 14 heavy (non-hydrogen) atoms. The number of carbonyl (C=O) groups excluding carboxylic acids is 1. The van der Waals surface area contributed by atoms with Crippen molar-refractivity contribution in [3.63, 3.8) is 0 Å². The maximum Gasteiger partial charge on any atom is 0.339 e. The van der Waals surface area contributed by atoms with Crippen LogP contribution in [0.3, 0.4) is 0 Å². The Bertz CT molecular complexity index is 380. The maximum atomic E-state index is 11.4. The molecule has 0 fully saturated rings. The standard InChI is InChI=1S/C12H12O2/c1-2-3-5-9-6-4-7-10-8-14-12(13)11(9)10/h2,4,6-7H,1,3,5,8H2. The second-order valence-electron chi connectivity index (χ2n) is 3.35. The first-order valence-corrected chi connectivity index (χ1v) is 4.71. The fraction of sp³-hybridized carbons (Fsp3) is 0.250. The van der Waals surface area contributed by atoms with E-state index in [1.807, 2.05) is 24.3 Å². The summed E-state index contributed by atoms with van der Waals surface area (Å²) in [6.45, 7) is 4.10. The molecule has 0 saturated carbocycles. The third-order valence-corrected chi connectivity index (χ3v) is 2.42. The monoisotopic (exact) mass is 188 g/mol. The molecule has 0 bridgehead atoms. The minimum absolute atomic E-state index is 0.181. The van der Waals surface area contributed by atoms with E-state index in [0.29, 0.717) is 6.61 Å². The summed E-state index contributed by atoms with van der Waals surface area (Å²) in [7, 11) is 0. The molecule has 2 rings (SSSR count). The smallest absolute Gasteiger partial charge is 0.339 e. The lowest BCUT2D eigenvalue weighted by Gasteiger charge is -2.02. The lowest BCUT2D eigenvalue weighted by Crippen LogP contribution is -2.00. The Balaban J connectivity index is 2.36. The Morgan fingerprint density at radius 2 is 2.36 bits per heavy atom. The highest BCUT2D eigenvalue weighted by Gasteiger charge is 2.23. The Morgan fingerprint density at radius 1 is 1.50 bits per heavy atom. The molecule has 2 heteroatoms. The third kappa shape index (κ3) is 1.43. The van der Waals surface area contributed by atoms with Crippen molar-refractivity contribution in [1.82, 2.24) is 0 Å². The number of benzene rings is 1. The fourth-order valence-corrected chi connectivity index (χ4v) is 1.72. The summed E-state index contributed by atoms with van der Waals surface area (Å²) in [5.41, 5.74) is 2.86. The van der Waals surface area contributed by atoms with Gasteiger partial charge in [-0.05, 0) is 18.4 Å². The van der Waals surface area contributed by atoms with Crippen molar-refractivity contribution in [2.45, 2.75) is 19.4 Å². The van der Waals surface area contributed by atoms with Gasteiger partial charge in [-0.3, -0.25) is 0 Å². The molecular formula is C12H12O2. The van der Waals surface area contributed by atoms with E-state index in [4.69, 9.17) is 4.74 Å². The number of allylic oxidation sites excluding steroid dienone is 1. The molecule has 0 aromatic heterocycles. The van der Waals surface area contributed by atoms with E-state index in [1.54, 1.807) is 0 Å². The van der Waals surface area contributed by atoms with E-state index in [0.717, 1.165) is 29.5 Å². The lowest BCUT2D eigenvalue weighted by atomic mass is 9.99. The Kier molecular flexibility index (Phi) is 2.35. The van der Waals surface area contributed by atoms with Gasteiger partial charge >= 0.3 is 5.97 Å².